The fourth-order valence-electron chi connectivity index (χ4n) is 3.00. The number of benzene rings is 3. The van der Waals surface area contributed by atoms with Crippen LogP contribution in [0.5, 0.6) is 0 Å². The number of hydrogen-bond acceptors (Lipinski definition) is 5. The molecule has 152 valence electrons. The highest BCUT2D eigenvalue weighted by molar-refractivity contribution is 8.10. The van der Waals surface area contributed by atoms with E-state index in [9.17, 15) is 16.8 Å². The summed E-state index contributed by atoms with van der Waals surface area (Å²) in [5.74, 6) is 0. The lowest BCUT2D eigenvalue weighted by molar-refractivity contribution is 0.584. The van der Waals surface area contributed by atoms with Gasteiger partial charge in [0.2, 0.25) is 0 Å². The summed E-state index contributed by atoms with van der Waals surface area (Å²) >= 11 is 1.06. The van der Waals surface area contributed by atoms with Crippen molar-refractivity contribution in [2.45, 2.75) is 9.79 Å². The minimum absolute atomic E-state index is 0.100. The maximum absolute atomic E-state index is 13.6. The second-order valence-electron chi connectivity index (χ2n) is 6.34. The van der Waals surface area contributed by atoms with Crippen LogP contribution >= 0.6 is 11.3 Å². The third-order valence-electron chi connectivity index (χ3n) is 4.41. The van der Waals surface area contributed by atoms with Crippen LogP contribution in [0.4, 0.5) is 5.00 Å². The fraction of sp³-hybridized carbons (Fsp3) is 0. The van der Waals surface area contributed by atoms with Crippen LogP contribution in [0.1, 0.15) is 0 Å². The van der Waals surface area contributed by atoms with E-state index in [1.165, 1.54) is 24.3 Å². The number of anilines is 1. The summed E-state index contributed by atoms with van der Waals surface area (Å²) in [6.07, 6.45) is 0. The van der Waals surface area contributed by atoms with Crippen molar-refractivity contribution >= 4 is 36.4 Å². The first-order valence-electron chi connectivity index (χ1n) is 8.96. The molecule has 8 heteroatoms. The van der Waals surface area contributed by atoms with E-state index in [0.717, 1.165) is 16.9 Å². The Morgan fingerprint density at radius 2 is 1.00 bits per heavy atom. The zero-order valence-corrected chi connectivity index (χ0v) is 18.1. The summed E-state index contributed by atoms with van der Waals surface area (Å²) in [5.41, 5.74) is 1.25. The van der Waals surface area contributed by atoms with Gasteiger partial charge in [-0.25, -0.2) is 0 Å². The normalized spacial score (nSPS) is 11.9. The van der Waals surface area contributed by atoms with E-state index in [-0.39, 0.29) is 14.8 Å². The van der Waals surface area contributed by atoms with Gasteiger partial charge in [0.05, 0.1) is 9.79 Å². The van der Waals surface area contributed by atoms with E-state index < -0.39 is 20.0 Å². The largest absolute Gasteiger partial charge is 0.278 e. The Bertz CT molecular complexity index is 1280. The van der Waals surface area contributed by atoms with Gasteiger partial charge in [0.1, 0.15) is 5.00 Å². The SMILES string of the molecule is O=S(=O)(c1ccccc1)N(c1sccc1-c1ccccc1)S(=O)(=O)c1ccccc1. The van der Waals surface area contributed by atoms with Crippen LogP contribution in [0.2, 0.25) is 0 Å². The lowest BCUT2D eigenvalue weighted by Gasteiger charge is -2.24. The smallest absolute Gasteiger partial charge is 0.200 e. The fourth-order valence-corrected chi connectivity index (χ4v) is 8.15. The monoisotopic (exact) mass is 455 g/mol. The molecule has 4 aromatic rings. The molecule has 1 heterocycles. The number of sulfonamides is 2. The van der Waals surface area contributed by atoms with Crippen molar-refractivity contribution in [3.63, 3.8) is 0 Å². The Balaban J connectivity index is 1.99. The van der Waals surface area contributed by atoms with Crippen molar-refractivity contribution in [3.05, 3.63) is 102 Å². The predicted octanol–water partition coefficient (Wildman–Crippen LogP) is 5.00. The standard InChI is InChI=1S/C22H17NO4S3/c24-29(25,19-12-6-2-7-13-19)23(30(26,27)20-14-8-3-9-15-20)22-21(16-17-28-22)18-10-4-1-5-11-18/h1-17H. The first-order valence-corrected chi connectivity index (χ1v) is 12.7. The van der Waals surface area contributed by atoms with Gasteiger partial charge >= 0.3 is 0 Å². The van der Waals surface area contributed by atoms with Crippen molar-refractivity contribution in [1.82, 2.24) is 0 Å². The third kappa shape index (κ3) is 3.65. The first kappa shape index (κ1) is 20.3. The number of thiophene rings is 1. The summed E-state index contributed by atoms with van der Waals surface area (Å²) < 4.78 is 54.9. The summed E-state index contributed by atoms with van der Waals surface area (Å²) in [5, 5.41) is 1.81. The lowest BCUT2D eigenvalue weighted by atomic mass is 10.1. The molecule has 4 rings (SSSR count). The minimum Gasteiger partial charge on any atom is -0.200 e. The summed E-state index contributed by atoms with van der Waals surface area (Å²) in [6, 6.07) is 26.0. The lowest BCUT2D eigenvalue weighted by Crippen LogP contribution is -2.36. The number of rotatable bonds is 6. The van der Waals surface area contributed by atoms with E-state index in [1.54, 1.807) is 47.8 Å². The maximum atomic E-state index is 13.6. The average Bonchev–Trinajstić information content (AvgIpc) is 3.24. The van der Waals surface area contributed by atoms with Crippen molar-refractivity contribution < 1.29 is 16.8 Å². The molecule has 1 aromatic heterocycles. The molecule has 0 saturated carbocycles. The first-order chi connectivity index (χ1) is 14.4. The Kier molecular flexibility index (Phi) is 5.46. The Morgan fingerprint density at radius 1 is 0.567 bits per heavy atom. The zero-order chi connectivity index (χ0) is 21.2. The molecule has 30 heavy (non-hydrogen) atoms. The average molecular weight is 456 g/mol. The van der Waals surface area contributed by atoms with Gasteiger partial charge in [-0.15, -0.1) is 15.0 Å². The molecule has 3 aromatic carbocycles. The van der Waals surface area contributed by atoms with Gasteiger partial charge in [0.15, 0.2) is 0 Å². The second kappa shape index (κ2) is 8.06. The van der Waals surface area contributed by atoms with Gasteiger partial charge in [-0.1, -0.05) is 66.7 Å². The molecule has 0 aliphatic heterocycles. The van der Waals surface area contributed by atoms with Crippen molar-refractivity contribution in [3.8, 4) is 11.1 Å². The molecular weight excluding hydrogens is 438 g/mol. The maximum Gasteiger partial charge on any atom is 0.278 e. The molecule has 5 nitrogen and oxygen atoms in total. The molecule has 0 aliphatic rings. The third-order valence-corrected chi connectivity index (χ3v) is 9.69. The molecule has 0 N–H and O–H groups in total. The molecule has 0 atom stereocenters. The van der Waals surface area contributed by atoms with Gasteiger partial charge in [0.25, 0.3) is 20.0 Å². The molecule has 0 unspecified atom stereocenters. The van der Waals surface area contributed by atoms with Crippen molar-refractivity contribution in [2.75, 3.05) is 3.71 Å². The summed E-state index contributed by atoms with van der Waals surface area (Å²) in [7, 11) is -8.81. The predicted molar refractivity (Wildman–Crippen MR) is 119 cm³/mol. The molecule has 0 amide bonds. The summed E-state index contributed by atoms with van der Waals surface area (Å²) in [4.78, 5) is -0.200. The van der Waals surface area contributed by atoms with Crippen LogP contribution in [-0.2, 0) is 20.0 Å². The van der Waals surface area contributed by atoms with Gasteiger partial charge < -0.3 is 0 Å². The van der Waals surface area contributed by atoms with Crippen LogP contribution in [-0.4, -0.2) is 16.8 Å². The number of nitrogens with zero attached hydrogens (tertiary/aromatic N) is 1. The molecule has 0 saturated heterocycles. The van der Waals surface area contributed by atoms with Crippen LogP contribution < -0.4 is 3.71 Å². The molecule has 0 aliphatic carbocycles. The van der Waals surface area contributed by atoms with E-state index in [4.69, 9.17) is 0 Å². The Morgan fingerprint density at radius 3 is 1.47 bits per heavy atom. The van der Waals surface area contributed by atoms with Crippen molar-refractivity contribution in [2.24, 2.45) is 0 Å². The summed E-state index contributed by atoms with van der Waals surface area (Å²) in [6.45, 7) is 0. The van der Waals surface area contributed by atoms with E-state index in [1.807, 2.05) is 30.3 Å². The van der Waals surface area contributed by atoms with E-state index >= 15 is 0 Å². The van der Waals surface area contributed by atoms with Crippen LogP contribution in [0.25, 0.3) is 11.1 Å². The topological polar surface area (TPSA) is 71.5 Å². The molecule has 0 spiro atoms. The molecule has 0 radical (unpaired) electrons. The van der Waals surface area contributed by atoms with Gasteiger partial charge in [-0.2, -0.15) is 16.8 Å². The van der Waals surface area contributed by atoms with E-state index in [0.29, 0.717) is 9.27 Å². The van der Waals surface area contributed by atoms with Gasteiger partial charge in [-0.05, 0) is 41.3 Å². The quantitative estimate of drug-likeness (QED) is 0.410. The van der Waals surface area contributed by atoms with Crippen molar-refractivity contribution in [1.29, 1.82) is 0 Å². The molecular formula is C22H17NO4S3. The highest BCUT2D eigenvalue weighted by atomic mass is 32.3. The highest BCUT2D eigenvalue weighted by Gasteiger charge is 2.39. The highest BCUT2D eigenvalue weighted by Crippen LogP contribution is 2.41. The molecule has 0 fully saturated rings. The Labute approximate surface area is 180 Å². The van der Waals surface area contributed by atoms with Gasteiger partial charge in [-0.3, -0.25) is 0 Å². The van der Waals surface area contributed by atoms with E-state index in [2.05, 4.69) is 0 Å². The van der Waals surface area contributed by atoms with Crippen LogP contribution in [0, 0.1) is 0 Å². The molecule has 0 bridgehead atoms. The van der Waals surface area contributed by atoms with Crippen LogP contribution in [0.3, 0.4) is 0 Å². The minimum atomic E-state index is -4.40. The zero-order valence-electron chi connectivity index (χ0n) is 15.6. The Hall–Kier alpha value is -2.94. The van der Waals surface area contributed by atoms with Gasteiger partial charge in [0, 0.05) is 5.56 Å². The van der Waals surface area contributed by atoms with Crippen LogP contribution in [0.15, 0.2) is 112 Å². The second-order valence-corrected chi connectivity index (χ2v) is 11.0. The number of hydrogen-bond donors (Lipinski definition) is 0.